The summed E-state index contributed by atoms with van der Waals surface area (Å²) in [5, 5.41) is 4.77. The smallest absolute Gasteiger partial charge is 0.143 e. The molecular formula is C12H15N3S. The summed E-state index contributed by atoms with van der Waals surface area (Å²) in [6.07, 6.45) is 5.57. The molecule has 3 rings (SSSR count). The van der Waals surface area contributed by atoms with Crippen molar-refractivity contribution >= 4 is 21.7 Å². The van der Waals surface area contributed by atoms with E-state index in [2.05, 4.69) is 17.2 Å². The molecule has 0 radical (unpaired) electrons. The molecule has 1 aliphatic heterocycles. The fourth-order valence-electron chi connectivity index (χ4n) is 2.24. The highest BCUT2D eigenvalue weighted by Crippen LogP contribution is 2.34. The zero-order valence-corrected chi connectivity index (χ0v) is 10.2. The summed E-state index contributed by atoms with van der Waals surface area (Å²) in [5.74, 6) is 0. The Hall–Kier alpha value is -1.00. The molecule has 84 valence electrons. The predicted molar refractivity (Wildman–Crippen MR) is 66.6 cm³/mol. The lowest BCUT2D eigenvalue weighted by Gasteiger charge is -2.32. The first-order valence-corrected chi connectivity index (χ1v) is 6.57. The van der Waals surface area contributed by atoms with Gasteiger partial charge in [-0.3, -0.25) is 0 Å². The average molecular weight is 233 g/mol. The van der Waals surface area contributed by atoms with E-state index in [0.29, 0.717) is 0 Å². The van der Waals surface area contributed by atoms with E-state index >= 15 is 0 Å². The molecule has 0 aliphatic carbocycles. The quantitative estimate of drug-likeness (QED) is 0.823. The summed E-state index contributed by atoms with van der Waals surface area (Å²) in [4.78, 5) is 10.1. The third-order valence-electron chi connectivity index (χ3n) is 3.26. The van der Waals surface area contributed by atoms with Gasteiger partial charge in [0.15, 0.2) is 0 Å². The van der Waals surface area contributed by atoms with Crippen LogP contribution in [0.1, 0.15) is 31.2 Å². The Morgan fingerprint density at radius 2 is 2.38 bits per heavy atom. The van der Waals surface area contributed by atoms with Gasteiger partial charge < -0.3 is 5.32 Å². The van der Waals surface area contributed by atoms with Crippen LogP contribution in [0.4, 0.5) is 0 Å². The van der Waals surface area contributed by atoms with Crippen LogP contribution < -0.4 is 5.32 Å². The first-order chi connectivity index (χ1) is 7.78. The van der Waals surface area contributed by atoms with Gasteiger partial charge in [0.1, 0.15) is 15.4 Å². The third-order valence-corrected chi connectivity index (χ3v) is 4.50. The van der Waals surface area contributed by atoms with Crippen LogP contribution in [0.5, 0.6) is 0 Å². The molecule has 1 N–H and O–H groups in total. The van der Waals surface area contributed by atoms with E-state index < -0.39 is 0 Å². The van der Waals surface area contributed by atoms with Gasteiger partial charge in [0.05, 0.1) is 5.54 Å². The molecule has 4 heteroatoms. The largest absolute Gasteiger partial charge is 0.306 e. The van der Waals surface area contributed by atoms with Gasteiger partial charge in [0.2, 0.25) is 0 Å². The molecule has 2 aromatic heterocycles. The molecule has 3 nitrogen and oxygen atoms in total. The molecule has 1 fully saturated rings. The van der Waals surface area contributed by atoms with E-state index in [4.69, 9.17) is 4.98 Å². The summed E-state index contributed by atoms with van der Waals surface area (Å²) in [6, 6.07) is 3.98. The van der Waals surface area contributed by atoms with Crippen molar-refractivity contribution < 1.29 is 0 Å². The fraction of sp³-hybridized carbons (Fsp3) is 0.500. The van der Waals surface area contributed by atoms with E-state index in [9.17, 15) is 0 Å². The zero-order chi connectivity index (χ0) is 11.0. The van der Waals surface area contributed by atoms with Gasteiger partial charge in [-0.15, -0.1) is 0 Å². The van der Waals surface area contributed by atoms with Gasteiger partial charge in [0.25, 0.3) is 0 Å². The lowest BCUT2D eigenvalue weighted by atomic mass is 9.92. The second kappa shape index (κ2) is 3.79. The topological polar surface area (TPSA) is 37.8 Å². The number of piperidine rings is 1. The Bertz CT molecular complexity index is 467. The molecule has 0 aromatic carbocycles. The minimum atomic E-state index is 0.0591. The number of pyridine rings is 1. The van der Waals surface area contributed by atoms with E-state index in [0.717, 1.165) is 16.9 Å². The van der Waals surface area contributed by atoms with Crippen molar-refractivity contribution in [3.8, 4) is 0 Å². The maximum absolute atomic E-state index is 4.70. The molecule has 0 spiro atoms. The lowest BCUT2D eigenvalue weighted by Crippen LogP contribution is -2.43. The molecule has 16 heavy (non-hydrogen) atoms. The molecule has 1 unspecified atom stereocenters. The number of nitrogens with zero attached hydrogens (tertiary/aromatic N) is 2. The van der Waals surface area contributed by atoms with Crippen molar-refractivity contribution in [3.63, 3.8) is 0 Å². The Morgan fingerprint density at radius 1 is 1.44 bits per heavy atom. The van der Waals surface area contributed by atoms with E-state index in [1.54, 1.807) is 11.3 Å². The molecule has 1 aliphatic rings. The molecule has 0 amide bonds. The highest BCUT2D eigenvalue weighted by molar-refractivity contribution is 7.18. The maximum Gasteiger partial charge on any atom is 0.143 e. The predicted octanol–water partition coefficient (Wildman–Crippen LogP) is 2.68. The molecule has 1 saturated heterocycles. The molecule has 0 bridgehead atoms. The maximum atomic E-state index is 4.70. The Morgan fingerprint density at radius 3 is 3.12 bits per heavy atom. The van der Waals surface area contributed by atoms with Gasteiger partial charge >= 0.3 is 0 Å². The fourth-order valence-corrected chi connectivity index (χ4v) is 3.30. The monoisotopic (exact) mass is 233 g/mol. The van der Waals surface area contributed by atoms with Crippen molar-refractivity contribution in [2.75, 3.05) is 6.54 Å². The van der Waals surface area contributed by atoms with Crippen LogP contribution in [0.2, 0.25) is 0 Å². The van der Waals surface area contributed by atoms with Crippen LogP contribution in [-0.4, -0.2) is 16.5 Å². The van der Waals surface area contributed by atoms with Gasteiger partial charge in [0, 0.05) is 6.20 Å². The standard InChI is InChI=1S/C12H15N3S/c1-12(6-2-3-8-14-12)11-15-9-5-4-7-13-10(9)16-11/h4-5,7,14H,2-3,6,8H2,1H3. The van der Waals surface area contributed by atoms with Crippen LogP contribution in [0.25, 0.3) is 10.3 Å². The average Bonchev–Trinajstić information content (AvgIpc) is 2.74. The first-order valence-electron chi connectivity index (χ1n) is 5.75. The number of nitrogens with one attached hydrogen (secondary N) is 1. The Kier molecular flexibility index (Phi) is 2.41. The highest BCUT2D eigenvalue weighted by atomic mass is 32.1. The van der Waals surface area contributed by atoms with Gasteiger partial charge in [-0.2, -0.15) is 0 Å². The van der Waals surface area contributed by atoms with Crippen LogP contribution in [0.15, 0.2) is 18.3 Å². The second-order valence-electron chi connectivity index (χ2n) is 4.56. The molecule has 0 saturated carbocycles. The van der Waals surface area contributed by atoms with Crippen molar-refractivity contribution in [2.45, 2.75) is 31.7 Å². The summed E-state index contributed by atoms with van der Waals surface area (Å²) in [5.41, 5.74) is 1.08. The minimum absolute atomic E-state index is 0.0591. The van der Waals surface area contributed by atoms with Crippen molar-refractivity contribution in [2.24, 2.45) is 0 Å². The summed E-state index contributed by atoms with van der Waals surface area (Å²) in [7, 11) is 0. The number of thiazole rings is 1. The first kappa shape index (κ1) is 10.2. The van der Waals surface area contributed by atoms with Gasteiger partial charge in [-0.25, -0.2) is 9.97 Å². The Balaban J connectivity index is 2.04. The van der Waals surface area contributed by atoms with E-state index in [1.165, 1.54) is 24.3 Å². The number of aromatic nitrogens is 2. The number of hydrogen-bond donors (Lipinski definition) is 1. The van der Waals surface area contributed by atoms with Gasteiger partial charge in [-0.1, -0.05) is 11.3 Å². The van der Waals surface area contributed by atoms with E-state index in [1.807, 2.05) is 18.3 Å². The van der Waals surface area contributed by atoms with Crippen LogP contribution in [-0.2, 0) is 5.54 Å². The van der Waals surface area contributed by atoms with Crippen LogP contribution in [0, 0.1) is 0 Å². The Labute approximate surface area is 98.9 Å². The molecule has 1 atom stereocenters. The highest BCUT2D eigenvalue weighted by Gasteiger charge is 2.31. The van der Waals surface area contributed by atoms with Crippen molar-refractivity contribution in [1.29, 1.82) is 0 Å². The summed E-state index contributed by atoms with van der Waals surface area (Å²) in [6.45, 7) is 3.35. The van der Waals surface area contributed by atoms with Crippen molar-refractivity contribution in [3.05, 3.63) is 23.3 Å². The number of fused-ring (bicyclic) bond motifs is 1. The molecular weight excluding hydrogens is 218 g/mol. The minimum Gasteiger partial charge on any atom is -0.306 e. The summed E-state index contributed by atoms with van der Waals surface area (Å²) < 4.78 is 0. The molecule has 3 heterocycles. The number of rotatable bonds is 1. The lowest BCUT2D eigenvalue weighted by molar-refractivity contribution is 0.283. The van der Waals surface area contributed by atoms with E-state index in [-0.39, 0.29) is 5.54 Å². The zero-order valence-electron chi connectivity index (χ0n) is 9.36. The normalized spacial score (nSPS) is 26.1. The third kappa shape index (κ3) is 1.62. The van der Waals surface area contributed by atoms with Crippen LogP contribution in [0.3, 0.4) is 0 Å². The van der Waals surface area contributed by atoms with Crippen molar-refractivity contribution in [1.82, 2.24) is 15.3 Å². The SMILES string of the molecule is CC1(c2nc3cccnc3s2)CCCCN1. The second-order valence-corrected chi connectivity index (χ2v) is 5.54. The molecule has 2 aromatic rings. The van der Waals surface area contributed by atoms with Gasteiger partial charge in [-0.05, 0) is 44.9 Å². The van der Waals surface area contributed by atoms with Crippen LogP contribution >= 0.6 is 11.3 Å². The number of hydrogen-bond acceptors (Lipinski definition) is 4. The summed E-state index contributed by atoms with van der Waals surface area (Å²) >= 11 is 1.72.